The Labute approximate surface area is 115 Å². The Morgan fingerprint density at radius 3 is 2.58 bits per heavy atom. The van der Waals surface area contributed by atoms with Gasteiger partial charge in [-0.3, -0.25) is 0 Å². The lowest BCUT2D eigenvalue weighted by atomic mass is 9.89. The molecule has 1 aromatic heterocycles. The first-order valence-electron chi connectivity index (χ1n) is 7.44. The van der Waals surface area contributed by atoms with Crippen molar-refractivity contribution in [2.75, 3.05) is 13.1 Å². The summed E-state index contributed by atoms with van der Waals surface area (Å²) in [6, 6.07) is 4.62. The van der Waals surface area contributed by atoms with Crippen molar-refractivity contribution in [3.05, 3.63) is 34.5 Å². The maximum atomic E-state index is 3.60. The fourth-order valence-corrected chi connectivity index (χ4v) is 3.47. The van der Waals surface area contributed by atoms with Crippen LogP contribution in [-0.2, 0) is 6.42 Å². The number of aryl methyl sites for hydroxylation is 3. The Hall–Kier alpha value is -1.28. The summed E-state index contributed by atoms with van der Waals surface area (Å²) in [4.78, 5) is 3.60. The molecular formula is C17H24N2. The van der Waals surface area contributed by atoms with E-state index in [2.05, 4.69) is 43.2 Å². The highest BCUT2D eigenvalue weighted by atomic mass is 14.9. The van der Waals surface area contributed by atoms with Crippen LogP contribution in [0.2, 0.25) is 0 Å². The molecule has 0 unspecified atom stereocenters. The van der Waals surface area contributed by atoms with E-state index in [1.54, 1.807) is 5.56 Å². The van der Waals surface area contributed by atoms with Crippen molar-refractivity contribution in [1.29, 1.82) is 0 Å². The molecular weight excluding hydrogens is 232 g/mol. The Kier molecular flexibility index (Phi) is 3.36. The van der Waals surface area contributed by atoms with Crippen molar-refractivity contribution < 1.29 is 0 Å². The first kappa shape index (κ1) is 12.7. The SMILES string of the molecule is Cc1cc(C)c2[nH]c(C)c(CC3CCNCC3)c2c1. The van der Waals surface area contributed by atoms with Gasteiger partial charge in [0.05, 0.1) is 0 Å². The second kappa shape index (κ2) is 5.01. The first-order chi connectivity index (χ1) is 9.15. The number of benzene rings is 1. The van der Waals surface area contributed by atoms with Crippen molar-refractivity contribution >= 4 is 10.9 Å². The number of hydrogen-bond donors (Lipinski definition) is 2. The van der Waals surface area contributed by atoms with Gasteiger partial charge in [0.15, 0.2) is 0 Å². The van der Waals surface area contributed by atoms with Gasteiger partial charge < -0.3 is 10.3 Å². The van der Waals surface area contributed by atoms with Gasteiger partial charge in [0.2, 0.25) is 0 Å². The number of hydrogen-bond acceptors (Lipinski definition) is 1. The zero-order valence-corrected chi connectivity index (χ0v) is 12.3. The molecule has 19 heavy (non-hydrogen) atoms. The summed E-state index contributed by atoms with van der Waals surface area (Å²) in [6.07, 6.45) is 3.87. The monoisotopic (exact) mass is 256 g/mol. The molecule has 0 atom stereocenters. The normalized spacial score (nSPS) is 17.2. The summed E-state index contributed by atoms with van der Waals surface area (Å²) in [5.74, 6) is 0.847. The summed E-state index contributed by atoms with van der Waals surface area (Å²) >= 11 is 0. The Balaban J connectivity index is 1.99. The van der Waals surface area contributed by atoms with E-state index in [4.69, 9.17) is 0 Å². The van der Waals surface area contributed by atoms with Crippen LogP contribution >= 0.6 is 0 Å². The van der Waals surface area contributed by atoms with E-state index >= 15 is 0 Å². The number of aromatic nitrogens is 1. The van der Waals surface area contributed by atoms with Crippen molar-refractivity contribution in [3.63, 3.8) is 0 Å². The minimum absolute atomic E-state index is 0.847. The second-order valence-corrected chi connectivity index (χ2v) is 6.13. The number of piperidine rings is 1. The average Bonchev–Trinajstić information content (AvgIpc) is 2.69. The average molecular weight is 256 g/mol. The predicted molar refractivity (Wildman–Crippen MR) is 81.8 cm³/mol. The molecule has 102 valence electrons. The molecule has 0 spiro atoms. The van der Waals surface area contributed by atoms with Crippen LogP contribution in [0.3, 0.4) is 0 Å². The van der Waals surface area contributed by atoms with E-state index in [9.17, 15) is 0 Å². The molecule has 1 aromatic carbocycles. The van der Waals surface area contributed by atoms with Crippen LogP contribution < -0.4 is 5.32 Å². The molecule has 0 saturated carbocycles. The lowest BCUT2D eigenvalue weighted by Crippen LogP contribution is -2.28. The van der Waals surface area contributed by atoms with Crippen LogP contribution in [0.4, 0.5) is 0 Å². The molecule has 0 amide bonds. The fraction of sp³-hybridized carbons (Fsp3) is 0.529. The molecule has 3 rings (SSSR count). The van der Waals surface area contributed by atoms with Crippen LogP contribution in [0.1, 0.15) is 35.2 Å². The minimum atomic E-state index is 0.847. The molecule has 2 heterocycles. The lowest BCUT2D eigenvalue weighted by Gasteiger charge is -2.22. The third-order valence-corrected chi connectivity index (χ3v) is 4.52. The van der Waals surface area contributed by atoms with Gasteiger partial charge in [0.1, 0.15) is 0 Å². The molecule has 0 bridgehead atoms. The highest BCUT2D eigenvalue weighted by Crippen LogP contribution is 2.30. The van der Waals surface area contributed by atoms with E-state index in [-0.39, 0.29) is 0 Å². The fourth-order valence-electron chi connectivity index (χ4n) is 3.47. The zero-order valence-electron chi connectivity index (χ0n) is 12.3. The van der Waals surface area contributed by atoms with Crippen molar-refractivity contribution in [1.82, 2.24) is 10.3 Å². The van der Waals surface area contributed by atoms with Gasteiger partial charge in [-0.2, -0.15) is 0 Å². The molecule has 1 fully saturated rings. The van der Waals surface area contributed by atoms with E-state index in [1.807, 2.05) is 0 Å². The summed E-state index contributed by atoms with van der Waals surface area (Å²) < 4.78 is 0. The van der Waals surface area contributed by atoms with Gasteiger partial charge in [-0.15, -0.1) is 0 Å². The van der Waals surface area contributed by atoms with Gasteiger partial charge in [0, 0.05) is 16.6 Å². The predicted octanol–water partition coefficient (Wildman–Crippen LogP) is 3.64. The molecule has 1 aliphatic rings. The molecule has 2 heteroatoms. The molecule has 2 nitrogen and oxygen atoms in total. The molecule has 1 saturated heterocycles. The topological polar surface area (TPSA) is 27.8 Å². The summed E-state index contributed by atoms with van der Waals surface area (Å²) in [5, 5.41) is 4.91. The lowest BCUT2D eigenvalue weighted by molar-refractivity contribution is 0.373. The standard InChI is InChI=1S/C17H24N2/c1-11-8-12(2)17-16(9-11)15(13(3)19-17)10-14-4-6-18-7-5-14/h8-9,14,18-19H,4-7,10H2,1-3H3. The van der Waals surface area contributed by atoms with Crippen molar-refractivity contribution in [2.24, 2.45) is 5.92 Å². The van der Waals surface area contributed by atoms with E-state index in [0.29, 0.717) is 0 Å². The van der Waals surface area contributed by atoms with Crippen molar-refractivity contribution in [3.8, 4) is 0 Å². The highest BCUT2D eigenvalue weighted by Gasteiger charge is 2.18. The summed E-state index contributed by atoms with van der Waals surface area (Å²) in [7, 11) is 0. The first-order valence-corrected chi connectivity index (χ1v) is 7.44. The molecule has 0 radical (unpaired) electrons. The number of aromatic amines is 1. The van der Waals surface area contributed by atoms with Gasteiger partial charge in [-0.1, -0.05) is 11.6 Å². The summed E-state index contributed by atoms with van der Waals surface area (Å²) in [5.41, 5.74) is 6.99. The van der Waals surface area contributed by atoms with Crippen LogP contribution in [0.15, 0.2) is 12.1 Å². The summed E-state index contributed by atoms with van der Waals surface area (Å²) in [6.45, 7) is 9.00. The van der Waals surface area contributed by atoms with Gasteiger partial charge in [0.25, 0.3) is 0 Å². The van der Waals surface area contributed by atoms with Gasteiger partial charge >= 0.3 is 0 Å². The molecule has 0 aliphatic carbocycles. The third-order valence-electron chi connectivity index (χ3n) is 4.52. The van der Waals surface area contributed by atoms with Crippen LogP contribution in [0, 0.1) is 26.7 Å². The second-order valence-electron chi connectivity index (χ2n) is 6.13. The van der Waals surface area contributed by atoms with Gasteiger partial charge in [-0.25, -0.2) is 0 Å². The Morgan fingerprint density at radius 2 is 1.84 bits per heavy atom. The van der Waals surface area contributed by atoms with Crippen LogP contribution in [-0.4, -0.2) is 18.1 Å². The highest BCUT2D eigenvalue weighted by molar-refractivity contribution is 5.88. The smallest absolute Gasteiger partial charge is 0.0488 e. The van der Waals surface area contributed by atoms with E-state index in [1.165, 1.54) is 60.1 Å². The number of H-pyrrole nitrogens is 1. The number of nitrogens with one attached hydrogen (secondary N) is 2. The van der Waals surface area contributed by atoms with Crippen molar-refractivity contribution in [2.45, 2.75) is 40.0 Å². The van der Waals surface area contributed by atoms with E-state index in [0.717, 1.165) is 5.92 Å². The van der Waals surface area contributed by atoms with Crippen LogP contribution in [0.25, 0.3) is 10.9 Å². The third kappa shape index (κ3) is 2.42. The number of rotatable bonds is 2. The Morgan fingerprint density at radius 1 is 1.11 bits per heavy atom. The molecule has 1 aliphatic heterocycles. The zero-order chi connectivity index (χ0) is 13.4. The molecule has 2 aromatic rings. The largest absolute Gasteiger partial charge is 0.358 e. The maximum absolute atomic E-state index is 3.60. The maximum Gasteiger partial charge on any atom is 0.0488 e. The quantitative estimate of drug-likeness (QED) is 0.843. The Bertz CT molecular complexity index is 589. The molecule has 2 N–H and O–H groups in total. The minimum Gasteiger partial charge on any atom is -0.358 e. The van der Waals surface area contributed by atoms with E-state index < -0.39 is 0 Å². The number of fused-ring (bicyclic) bond motifs is 1. The van der Waals surface area contributed by atoms with Gasteiger partial charge in [-0.05, 0) is 76.2 Å². The van der Waals surface area contributed by atoms with Crippen LogP contribution in [0.5, 0.6) is 0 Å².